The summed E-state index contributed by atoms with van der Waals surface area (Å²) in [7, 11) is 0. The van der Waals surface area contributed by atoms with Crippen molar-refractivity contribution in [3.63, 3.8) is 0 Å². The first-order chi connectivity index (χ1) is 9.61. The Hall–Kier alpha value is -1.43. The Balaban J connectivity index is 1.73. The highest BCUT2D eigenvalue weighted by Gasteiger charge is 2.41. The second-order valence-electron chi connectivity index (χ2n) is 5.74. The van der Waals surface area contributed by atoms with Gasteiger partial charge in [-0.3, -0.25) is 4.79 Å². The summed E-state index contributed by atoms with van der Waals surface area (Å²) in [5.41, 5.74) is -1.08. The fourth-order valence-corrected chi connectivity index (χ4v) is 3.72. The first-order valence-electron chi connectivity index (χ1n) is 7.12. The van der Waals surface area contributed by atoms with Crippen LogP contribution in [0, 0.1) is 0 Å². The van der Waals surface area contributed by atoms with Gasteiger partial charge in [0.1, 0.15) is 10.4 Å². The highest BCUT2D eigenvalue weighted by molar-refractivity contribution is 7.13. The molecule has 0 aromatic carbocycles. The third kappa shape index (κ3) is 2.57. The van der Waals surface area contributed by atoms with Gasteiger partial charge in [-0.1, -0.05) is 19.3 Å². The van der Waals surface area contributed by atoms with Crippen LogP contribution in [0.15, 0.2) is 6.20 Å². The summed E-state index contributed by atoms with van der Waals surface area (Å²) < 4.78 is 0. The fourth-order valence-electron chi connectivity index (χ4n) is 2.74. The van der Waals surface area contributed by atoms with Crippen LogP contribution in [-0.2, 0) is 4.79 Å². The largest absolute Gasteiger partial charge is 0.480 e. The molecule has 1 amide bonds. The zero-order chi connectivity index (χ0) is 14.2. The monoisotopic (exact) mass is 294 g/mol. The molecule has 2 aliphatic carbocycles. The number of carboxylic acids is 1. The molecule has 108 valence electrons. The van der Waals surface area contributed by atoms with E-state index < -0.39 is 11.5 Å². The normalized spacial score (nSPS) is 21.4. The average Bonchev–Trinajstić information content (AvgIpc) is 3.17. The van der Waals surface area contributed by atoms with E-state index in [4.69, 9.17) is 0 Å². The van der Waals surface area contributed by atoms with Gasteiger partial charge >= 0.3 is 5.97 Å². The van der Waals surface area contributed by atoms with E-state index in [9.17, 15) is 14.7 Å². The second kappa shape index (κ2) is 5.16. The van der Waals surface area contributed by atoms with Crippen molar-refractivity contribution >= 4 is 23.2 Å². The van der Waals surface area contributed by atoms with E-state index in [1.807, 2.05) is 0 Å². The molecule has 1 heterocycles. The molecule has 0 radical (unpaired) electrons. The van der Waals surface area contributed by atoms with Crippen molar-refractivity contribution in [3.05, 3.63) is 16.1 Å². The third-order valence-electron chi connectivity index (χ3n) is 4.14. The van der Waals surface area contributed by atoms with E-state index in [2.05, 4.69) is 10.3 Å². The van der Waals surface area contributed by atoms with Crippen molar-refractivity contribution in [1.82, 2.24) is 10.3 Å². The van der Waals surface area contributed by atoms with Crippen LogP contribution in [-0.4, -0.2) is 27.5 Å². The lowest BCUT2D eigenvalue weighted by atomic mass is 9.81. The summed E-state index contributed by atoms with van der Waals surface area (Å²) in [6, 6.07) is 0. The van der Waals surface area contributed by atoms with Crippen molar-refractivity contribution in [1.29, 1.82) is 0 Å². The Morgan fingerprint density at radius 1 is 1.30 bits per heavy atom. The molecule has 5 nitrogen and oxygen atoms in total. The number of carbonyl (C=O) groups is 2. The summed E-state index contributed by atoms with van der Waals surface area (Å²) in [4.78, 5) is 28.6. The van der Waals surface area contributed by atoms with Gasteiger partial charge in [-0.2, -0.15) is 0 Å². The molecule has 1 aromatic heterocycles. The predicted octanol–water partition coefficient (Wildman–Crippen LogP) is 2.54. The topological polar surface area (TPSA) is 79.3 Å². The Labute approximate surface area is 121 Å². The minimum Gasteiger partial charge on any atom is -0.480 e. The van der Waals surface area contributed by atoms with Crippen LogP contribution >= 0.6 is 11.3 Å². The van der Waals surface area contributed by atoms with Gasteiger partial charge in [0.25, 0.3) is 5.91 Å². The standard InChI is InChI=1S/C14H18N2O3S/c17-11(10-8-15-12(20-10)9-4-5-9)16-14(13(18)19)6-2-1-3-7-14/h8-9H,1-7H2,(H,16,17)(H,18,19). The van der Waals surface area contributed by atoms with Gasteiger partial charge in [0.2, 0.25) is 0 Å². The minimum atomic E-state index is -1.08. The first kappa shape index (κ1) is 13.5. The quantitative estimate of drug-likeness (QED) is 0.894. The van der Waals surface area contributed by atoms with Gasteiger partial charge in [-0.15, -0.1) is 11.3 Å². The van der Waals surface area contributed by atoms with Crippen molar-refractivity contribution < 1.29 is 14.7 Å². The smallest absolute Gasteiger partial charge is 0.329 e. The molecule has 2 saturated carbocycles. The Morgan fingerprint density at radius 2 is 2.00 bits per heavy atom. The molecule has 2 N–H and O–H groups in total. The zero-order valence-electron chi connectivity index (χ0n) is 11.2. The van der Waals surface area contributed by atoms with Gasteiger partial charge in [-0.05, 0) is 25.7 Å². The Bertz CT molecular complexity index is 530. The molecule has 20 heavy (non-hydrogen) atoms. The van der Waals surface area contributed by atoms with E-state index >= 15 is 0 Å². The van der Waals surface area contributed by atoms with Crippen LogP contribution < -0.4 is 5.32 Å². The van der Waals surface area contributed by atoms with Gasteiger partial charge < -0.3 is 10.4 Å². The van der Waals surface area contributed by atoms with Crippen molar-refractivity contribution in [2.24, 2.45) is 0 Å². The molecule has 2 aliphatic rings. The Kier molecular flexibility index (Phi) is 3.50. The molecule has 1 aromatic rings. The summed E-state index contributed by atoms with van der Waals surface area (Å²) in [5, 5.41) is 13.2. The summed E-state index contributed by atoms with van der Waals surface area (Å²) in [5.74, 6) is -0.694. The van der Waals surface area contributed by atoms with Crippen LogP contribution in [0.5, 0.6) is 0 Å². The SMILES string of the molecule is O=C(NC1(C(=O)O)CCCCC1)c1cnc(C2CC2)s1. The molecular weight excluding hydrogens is 276 g/mol. The molecule has 3 rings (SSSR count). The summed E-state index contributed by atoms with van der Waals surface area (Å²) in [6.45, 7) is 0. The number of amides is 1. The number of aliphatic carboxylic acids is 1. The number of carboxylic acid groups (broad SMARTS) is 1. The number of carbonyl (C=O) groups excluding carboxylic acids is 1. The van der Waals surface area contributed by atoms with E-state index in [1.54, 1.807) is 6.20 Å². The van der Waals surface area contributed by atoms with Crippen LogP contribution in [0.25, 0.3) is 0 Å². The van der Waals surface area contributed by atoms with Crippen LogP contribution in [0.4, 0.5) is 0 Å². The number of aromatic nitrogens is 1. The average molecular weight is 294 g/mol. The lowest BCUT2D eigenvalue weighted by molar-refractivity contribution is -0.145. The maximum Gasteiger partial charge on any atom is 0.329 e. The predicted molar refractivity (Wildman–Crippen MR) is 75.0 cm³/mol. The van der Waals surface area contributed by atoms with Crippen molar-refractivity contribution in [2.75, 3.05) is 0 Å². The van der Waals surface area contributed by atoms with Crippen LogP contribution in [0.2, 0.25) is 0 Å². The summed E-state index contributed by atoms with van der Waals surface area (Å²) >= 11 is 1.39. The van der Waals surface area contributed by atoms with Gasteiger partial charge in [0.15, 0.2) is 0 Å². The fraction of sp³-hybridized carbons (Fsp3) is 0.643. The lowest BCUT2D eigenvalue weighted by Crippen LogP contribution is -2.55. The van der Waals surface area contributed by atoms with E-state index in [0.717, 1.165) is 37.1 Å². The van der Waals surface area contributed by atoms with Crippen molar-refractivity contribution in [3.8, 4) is 0 Å². The lowest BCUT2D eigenvalue weighted by Gasteiger charge is -2.33. The number of nitrogens with one attached hydrogen (secondary N) is 1. The molecule has 0 saturated heterocycles. The van der Waals surface area contributed by atoms with Crippen LogP contribution in [0.1, 0.15) is 65.5 Å². The maximum absolute atomic E-state index is 12.3. The van der Waals surface area contributed by atoms with Gasteiger partial charge in [-0.25, -0.2) is 9.78 Å². The first-order valence-corrected chi connectivity index (χ1v) is 7.94. The molecule has 0 bridgehead atoms. The van der Waals surface area contributed by atoms with E-state index in [-0.39, 0.29) is 5.91 Å². The Morgan fingerprint density at radius 3 is 2.60 bits per heavy atom. The number of thiazole rings is 1. The molecule has 0 aliphatic heterocycles. The highest BCUT2D eigenvalue weighted by atomic mass is 32.1. The van der Waals surface area contributed by atoms with E-state index in [0.29, 0.717) is 23.6 Å². The molecule has 0 unspecified atom stereocenters. The maximum atomic E-state index is 12.3. The molecule has 0 spiro atoms. The third-order valence-corrected chi connectivity index (χ3v) is 5.30. The number of hydrogen-bond acceptors (Lipinski definition) is 4. The van der Waals surface area contributed by atoms with E-state index in [1.165, 1.54) is 11.3 Å². The second-order valence-corrected chi connectivity index (χ2v) is 6.80. The molecule has 2 fully saturated rings. The van der Waals surface area contributed by atoms with Gasteiger partial charge in [0.05, 0.1) is 11.2 Å². The number of hydrogen-bond donors (Lipinski definition) is 2. The van der Waals surface area contributed by atoms with Crippen molar-refractivity contribution in [2.45, 2.75) is 56.4 Å². The van der Waals surface area contributed by atoms with Crippen LogP contribution in [0.3, 0.4) is 0 Å². The highest BCUT2D eigenvalue weighted by Crippen LogP contribution is 2.41. The minimum absolute atomic E-state index is 0.293. The number of nitrogens with zero attached hydrogens (tertiary/aromatic N) is 1. The zero-order valence-corrected chi connectivity index (χ0v) is 12.0. The number of rotatable bonds is 4. The molecule has 0 atom stereocenters. The summed E-state index contributed by atoms with van der Waals surface area (Å²) in [6.07, 6.45) is 7.64. The molecule has 6 heteroatoms. The molecular formula is C14H18N2O3S. The van der Waals surface area contributed by atoms with Gasteiger partial charge in [0, 0.05) is 5.92 Å².